The molecule has 0 aromatic rings. The van der Waals surface area contributed by atoms with Crippen molar-refractivity contribution in [3.8, 4) is 0 Å². The first kappa shape index (κ1) is 42.6. The van der Waals surface area contributed by atoms with E-state index < -0.39 is 10.4 Å². The maximum atomic E-state index is 10.9. The van der Waals surface area contributed by atoms with Gasteiger partial charge in [-0.3, -0.25) is 4.18 Å². The SMILES string of the molecule is CCCCCCCCCCCCCCCCC(CCCCCCCCCCCCCCC)COS(=O)(=O)[O-].[K+]. The van der Waals surface area contributed by atoms with E-state index in [-0.39, 0.29) is 63.9 Å². The monoisotopic (exact) mass is 598 g/mol. The van der Waals surface area contributed by atoms with E-state index in [4.69, 9.17) is 0 Å². The van der Waals surface area contributed by atoms with Gasteiger partial charge in [-0.25, -0.2) is 8.42 Å². The summed E-state index contributed by atoms with van der Waals surface area (Å²) in [6.07, 6.45) is 38.0. The molecule has 0 aliphatic rings. The molecule has 0 radical (unpaired) electrons. The van der Waals surface area contributed by atoms with Gasteiger partial charge in [0.25, 0.3) is 0 Å². The number of hydrogen-bond acceptors (Lipinski definition) is 4. The van der Waals surface area contributed by atoms with Crippen LogP contribution in [0.2, 0.25) is 0 Å². The fourth-order valence-electron chi connectivity index (χ4n) is 5.57. The number of hydrogen-bond donors (Lipinski definition) is 0. The Balaban J connectivity index is 0. The third kappa shape index (κ3) is 37.5. The van der Waals surface area contributed by atoms with Crippen LogP contribution in [0.4, 0.5) is 0 Å². The summed E-state index contributed by atoms with van der Waals surface area (Å²) in [5.41, 5.74) is 0. The van der Waals surface area contributed by atoms with E-state index in [1.165, 1.54) is 161 Å². The molecule has 0 rings (SSSR count). The molecular weight excluding hydrogens is 532 g/mol. The van der Waals surface area contributed by atoms with Crippen molar-refractivity contribution in [1.29, 1.82) is 0 Å². The quantitative estimate of drug-likeness (QED) is 0.0337. The molecule has 6 heteroatoms. The molecule has 1 atom stereocenters. The molecule has 0 saturated heterocycles. The summed E-state index contributed by atoms with van der Waals surface area (Å²) in [6, 6.07) is 0. The zero-order valence-electron chi connectivity index (χ0n) is 26.8. The molecule has 0 fully saturated rings. The summed E-state index contributed by atoms with van der Waals surface area (Å²) in [5.74, 6) is 0.198. The molecule has 230 valence electrons. The molecule has 0 aromatic carbocycles. The van der Waals surface area contributed by atoms with Crippen LogP contribution in [-0.2, 0) is 14.6 Å². The van der Waals surface area contributed by atoms with E-state index >= 15 is 0 Å². The molecule has 0 amide bonds. The molecule has 0 N–H and O–H groups in total. The smallest absolute Gasteiger partial charge is 0.726 e. The van der Waals surface area contributed by atoms with Crippen molar-refractivity contribution in [2.24, 2.45) is 5.92 Å². The molecule has 0 heterocycles. The summed E-state index contributed by atoms with van der Waals surface area (Å²) in [7, 11) is -4.59. The summed E-state index contributed by atoms with van der Waals surface area (Å²) in [4.78, 5) is 0. The van der Waals surface area contributed by atoms with Crippen LogP contribution >= 0.6 is 0 Å². The Morgan fingerprint density at radius 1 is 0.462 bits per heavy atom. The maximum absolute atomic E-state index is 10.9. The Hall–Kier alpha value is 1.51. The molecule has 39 heavy (non-hydrogen) atoms. The zero-order chi connectivity index (χ0) is 28.0. The van der Waals surface area contributed by atoms with Crippen molar-refractivity contribution in [3.63, 3.8) is 0 Å². The van der Waals surface area contributed by atoms with Gasteiger partial charge in [0.15, 0.2) is 0 Å². The van der Waals surface area contributed by atoms with Crippen LogP contribution in [0.15, 0.2) is 0 Å². The fourth-order valence-corrected chi connectivity index (χ4v) is 5.93. The average Bonchev–Trinajstić information content (AvgIpc) is 2.89. The summed E-state index contributed by atoms with van der Waals surface area (Å²) in [6.45, 7) is 4.62. The first-order chi connectivity index (χ1) is 18.5. The molecule has 4 nitrogen and oxygen atoms in total. The maximum Gasteiger partial charge on any atom is 1.00 e. The third-order valence-electron chi connectivity index (χ3n) is 8.13. The molecule has 0 aliphatic heterocycles. The van der Waals surface area contributed by atoms with Gasteiger partial charge in [0, 0.05) is 0 Å². The minimum Gasteiger partial charge on any atom is -0.726 e. The van der Waals surface area contributed by atoms with E-state index in [1.807, 2.05) is 0 Å². The Labute approximate surface area is 288 Å². The molecular formula is C33H67KO4S. The van der Waals surface area contributed by atoms with Gasteiger partial charge in [0.1, 0.15) is 0 Å². The standard InChI is InChI=1S/C33H68O4S.K/c1-3-5-7-9-11-13-15-17-19-21-23-25-27-29-31-33(32-37-38(34,35)36)30-28-26-24-22-20-18-16-14-12-10-8-6-4-2;/h33H,3-32H2,1-2H3,(H,34,35,36);/q;+1/p-1. The Morgan fingerprint density at radius 2 is 0.692 bits per heavy atom. The van der Waals surface area contributed by atoms with Crippen LogP contribution in [0, 0.1) is 5.92 Å². The van der Waals surface area contributed by atoms with Crippen molar-refractivity contribution in [3.05, 3.63) is 0 Å². The summed E-state index contributed by atoms with van der Waals surface area (Å²) >= 11 is 0. The Bertz CT molecular complexity index is 556. The van der Waals surface area contributed by atoms with Crippen LogP contribution in [-0.4, -0.2) is 19.6 Å². The molecule has 0 bridgehead atoms. The second-order valence-corrected chi connectivity index (χ2v) is 13.0. The van der Waals surface area contributed by atoms with E-state index in [0.29, 0.717) is 0 Å². The normalized spacial score (nSPS) is 12.5. The van der Waals surface area contributed by atoms with Gasteiger partial charge in [-0.15, -0.1) is 0 Å². The van der Waals surface area contributed by atoms with E-state index in [1.54, 1.807) is 0 Å². The number of unbranched alkanes of at least 4 members (excludes halogenated alkanes) is 25. The second kappa shape index (κ2) is 34.0. The van der Waals surface area contributed by atoms with Crippen molar-refractivity contribution in [2.75, 3.05) is 6.61 Å². The van der Waals surface area contributed by atoms with Crippen molar-refractivity contribution >= 4 is 10.4 Å². The van der Waals surface area contributed by atoms with E-state index in [2.05, 4.69) is 18.0 Å². The van der Waals surface area contributed by atoms with E-state index in [9.17, 15) is 13.0 Å². The van der Waals surface area contributed by atoms with Crippen LogP contribution < -0.4 is 51.4 Å². The van der Waals surface area contributed by atoms with Crippen molar-refractivity contribution in [2.45, 2.75) is 200 Å². The first-order valence-corrected chi connectivity index (χ1v) is 18.4. The van der Waals surface area contributed by atoms with Crippen molar-refractivity contribution < 1.29 is 68.5 Å². The molecule has 0 spiro atoms. The van der Waals surface area contributed by atoms with E-state index in [0.717, 1.165) is 25.7 Å². The van der Waals surface area contributed by atoms with Gasteiger partial charge >= 0.3 is 51.4 Å². The predicted octanol–water partition coefficient (Wildman–Crippen LogP) is 8.44. The van der Waals surface area contributed by atoms with Gasteiger partial charge in [-0.05, 0) is 18.8 Å². The summed E-state index contributed by atoms with van der Waals surface area (Å²) in [5, 5.41) is 0. The second-order valence-electron chi connectivity index (χ2n) is 12.0. The van der Waals surface area contributed by atoms with Crippen molar-refractivity contribution in [1.82, 2.24) is 0 Å². The van der Waals surface area contributed by atoms with Crippen LogP contribution in [0.1, 0.15) is 200 Å². The molecule has 0 aromatic heterocycles. The van der Waals surface area contributed by atoms with Crippen LogP contribution in [0.3, 0.4) is 0 Å². The first-order valence-electron chi connectivity index (χ1n) is 17.1. The van der Waals surface area contributed by atoms with Crippen LogP contribution in [0.5, 0.6) is 0 Å². The van der Waals surface area contributed by atoms with Crippen LogP contribution in [0.25, 0.3) is 0 Å². The predicted molar refractivity (Wildman–Crippen MR) is 164 cm³/mol. The molecule has 0 aliphatic carbocycles. The summed E-state index contributed by atoms with van der Waals surface area (Å²) < 4.78 is 37.5. The van der Waals surface area contributed by atoms with Gasteiger partial charge < -0.3 is 4.55 Å². The van der Waals surface area contributed by atoms with Gasteiger partial charge in [0.2, 0.25) is 10.4 Å². The van der Waals surface area contributed by atoms with Gasteiger partial charge in [-0.2, -0.15) is 0 Å². The largest absolute Gasteiger partial charge is 1.00 e. The average molecular weight is 599 g/mol. The molecule has 0 saturated carbocycles. The Morgan fingerprint density at radius 3 is 0.923 bits per heavy atom. The minimum atomic E-state index is -4.59. The minimum absolute atomic E-state index is 0. The Kier molecular flexibility index (Phi) is 37.2. The third-order valence-corrected chi connectivity index (χ3v) is 8.55. The topological polar surface area (TPSA) is 66.4 Å². The van der Waals surface area contributed by atoms with Gasteiger partial charge in [-0.1, -0.05) is 187 Å². The fraction of sp³-hybridized carbons (Fsp3) is 1.00. The molecule has 1 unspecified atom stereocenters. The van der Waals surface area contributed by atoms with Gasteiger partial charge in [0.05, 0.1) is 6.61 Å². The zero-order valence-corrected chi connectivity index (χ0v) is 30.8. The number of rotatable bonds is 32.